The molecule has 0 bridgehead atoms. The predicted octanol–water partition coefficient (Wildman–Crippen LogP) is 4.63. The van der Waals surface area contributed by atoms with Gasteiger partial charge in [-0.15, -0.1) is 0 Å². The molecular formula is C20H16ClF7N6O5S. The second-order valence-corrected chi connectivity index (χ2v) is 9.38. The second-order valence-electron chi connectivity index (χ2n) is 7.09. The number of aliphatic carboxylic acids is 1. The molecule has 2 heterocycles. The van der Waals surface area contributed by atoms with E-state index in [1.165, 1.54) is 12.3 Å². The van der Waals surface area contributed by atoms with E-state index in [0.717, 1.165) is 19.4 Å². The average Bonchev–Trinajstić information content (AvgIpc) is 2.85. The van der Waals surface area contributed by atoms with Gasteiger partial charge >= 0.3 is 18.3 Å². The van der Waals surface area contributed by atoms with Crippen molar-refractivity contribution < 1.29 is 53.8 Å². The van der Waals surface area contributed by atoms with E-state index >= 15 is 0 Å². The van der Waals surface area contributed by atoms with E-state index < -0.39 is 51.4 Å². The average molecular weight is 621 g/mol. The Hall–Kier alpha value is -3.97. The Bertz CT molecular complexity index is 1440. The van der Waals surface area contributed by atoms with E-state index in [9.17, 15) is 39.2 Å². The molecule has 3 rings (SSSR count). The van der Waals surface area contributed by atoms with Crippen molar-refractivity contribution in [1.82, 2.24) is 19.7 Å². The van der Waals surface area contributed by atoms with Crippen LogP contribution in [0.3, 0.4) is 0 Å². The molecule has 1 aromatic carbocycles. The third-order valence-corrected chi connectivity index (χ3v) is 5.79. The van der Waals surface area contributed by atoms with E-state index in [0.29, 0.717) is 16.9 Å². The van der Waals surface area contributed by atoms with Crippen LogP contribution in [0.4, 0.5) is 53.9 Å². The lowest BCUT2D eigenvalue weighted by molar-refractivity contribution is -0.192. The van der Waals surface area contributed by atoms with Gasteiger partial charge in [0.1, 0.15) is 40.2 Å². The van der Waals surface area contributed by atoms with Crippen LogP contribution in [0.2, 0.25) is 5.02 Å². The number of aromatic nitrogens is 3. The summed E-state index contributed by atoms with van der Waals surface area (Å²) in [6.45, 7) is -1.72. The lowest BCUT2D eigenvalue weighted by atomic mass is 10.2. The van der Waals surface area contributed by atoms with Gasteiger partial charge in [0, 0.05) is 18.3 Å². The maximum absolute atomic E-state index is 14.3. The zero-order valence-corrected chi connectivity index (χ0v) is 21.2. The normalized spacial score (nSPS) is 11.7. The van der Waals surface area contributed by atoms with Gasteiger partial charge < -0.3 is 20.5 Å². The third-order valence-electron chi connectivity index (χ3n) is 4.14. The highest BCUT2D eigenvalue weighted by Crippen LogP contribution is 2.34. The number of ether oxygens (including phenoxy) is 1. The molecule has 20 heteroatoms. The van der Waals surface area contributed by atoms with Gasteiger partial charge in [-0.1, -0.05) is 11.6 Å². The summed E-state index contributed by atoms with van der Waals surface area (Å²) in [6.07, 6.45) is -7.26. The number of anilines is 4. The zero-order chi connectivity index (χ0) is 30.3. The summed E-state index contributed by atoms with van der Waals surface area (Å²) in [5.41, 5.74) is -0.274. The van der Waals surface area contributed by atoms with Crippen LogP contribution in [0, 0.1) is 5.82 Å². The number of hydrogen-bond acceptors (Lipinski definition) is 9. The predicted molar refractivity (Wildman–Crippen MR) is 126 cm³/mol. The van der Waals surface area contributed by atoms with Gasteiger partial charge in [0.2, 0.25) is 10.0 Å². The number of benzene rings is 1. The molecule has 0 amide bonds. The Labute approximate surface area is 225 Å². The molecule has 11 nitrogen and oxygen atoms in total. The van der Waals surface area contributed by atoms with Crippen molar-refractivity contribution in [2.75, 3.05) is 24.3 Å². The number of halogens is 8. The largest absolute Gasteiger partial charge is 0.490 e. The lowest BCUT2D eigenvalue weighted by Crippen LogP contribution is -2.21. The van der Waals surface area contributed by atoms with Crippen LogP contribution in [0.1, 0.15) is 0 Å². The first-order valence-electron chi connectivity index (χ1n) is 10.2. The van der Waals surface area contributed by atoms with Crippen LogP contribution >= 0.6 is 11.6 Å². The van der Waals surface area contributed by atoms with Gasteiger partial charge in [0.05, 0.1) is 10.7 Å². The highest BCUT2D eigenvalue weighted by molar-refractivity contribution is 7.89. The molecule has 218 valence electrons. The standard InChI is InChI=1S/C18H15ClF4N6O3S.C2HF3O2/c1-24-33(30,31)14-5-12(13(4-11(14)20)32-8-18(21,22)23)28-16-6-17(27-9-26-16)29-15-3-2-10(19)7-25-15;3-2(4,5)1(6)7/h2-7,9,24H,8H2,1H3,(H2,25,26,27,28,29);(H,6,7). The molecule has 0 atom stereocenters. The first-order valence-corrected chi connectivity index (χ1v) is 12.0. The Balaban J connectivity index is 0.000000708. The highest BCUT2D eigenvalue weighted by atomic mass is 35.5. The summed E-state index contributed by atoms with van der Waals surface area (Å²) < 4.78 is 115. The summed E-state index contributed by atoms with van der Waals surface area (Å²) in [7, 11) is -3.20. The van der Waals surface area contributed by atoms with Crippen LogP contribution in [0.15, 0.2) is 47.8 Å². The number of carbonyl (C=O) groups is 1. The minimum absolute atomic E-state index is 0.0396. The maximum Gasteiger partial charge on any atom is 0.490 e. The minimum Gasteiger partial charge on any atom is -0.482 e. The van der Waals surface area contributed by atoms with Gasteiger partial charge in [0.25, 0.3) is 0 Å². The summed E-state index contributed by atoms with van der Waals surface area (Å²) in [5.74, 6) is -3.96. The van der Waals surface area contributed by atoms with Crippen LogP contribution in [0.5, 0.6) is 5.75 Å². The Morgan fingerprint density at radius 1 is 1.00 bits per heavy atom. The molecular weight excluding hydrogens is 605 g/mol. The quantitative estimate of drug-likeness (QED) is 0.262. The summed E-state index contributed by atoms with van der Waals surface area (Å²) in [6, 6.07) is 5.86. The molecule has 3 aromatic rings. The number of sulfonamides is 1. The van der Waals surface area contributed by atoms with Crippen molar-refractivity contribution in [2.45, 2.75) is 17.2 Å². The number of hydrogen-bond donors (Lipinski definition) is 4. The van der Waals surface area contributed by atoms with E-state index in [1.54, 1.807) is 12.1 Å². The Kier molecular flexibility index (Phi) is 10.4. The van der Waals surface area contributed by atoms with Crippen molar-refractivity contribution in [1.29, 1.82) is 0 Å². The van der Waals surface area contributed by atoms with Crippen molar-refractivity contribution in [3.05, 3.63) is 53.7 Å². The molecule has 0 fully saturated rings. The van der Waals surface area contributed by atoms with Gasteiger partial charge in [0.15, 0.2) is 6.61 Å². The van der Waals surface area contributed by atoms with Crippen molar-refractivity contribution in [3.8, 4) is 5.75 Å². The summed E-state index contributed by atoms with van der Waals surface area (Å²) >= 11 is 5.78. The highest BCUT2D eigenvalue weighted by Gasteiger charge is 2.38. The Morgan fingerprint density at radius 3 is 2.10 bits per heavy atom. The second kappa shape index (κ2) is 12.9. The van der Waals surface area contributed by atoms with Gasteiger partial charge in [-0.2, -0.15) is 26.3 Å². The van der Waals surface area contributed by atoms with Crippen LogP contribution in [0.25, 0.3) is 0 Å². The number of rotatable bonds is 8. The van der Waals surface area contributed by atoms with Crippen LogP contribution in [-0.2, 0) is 14.8 Å². The number of carboxylic acid groups (broad SMARTS) is 1. The Morgan fingerprint density at radius 2 is 1.60 bits per heavy atom. The number of nitrogens with zero attached hydrogens (tertiary/aromatic N) is 3. The van der Waals surface area contributed by atoms with Crippen LogP contribution in [-0.4, -0.2) is 60.5 Å². The number of pyridine rings is 1. The molecule has 0 unspecified atom stereocenters. The molecule has 0 radical (unpaired) electrons. The van der Waals surface area contributed by atoms with Gasteiger partial charge in [-0.05, 0) is 25.2 Å². The topological polar surface area (TPSA) is 155 Å². The van der Waals surface area contributed by atoms with E-state index in [2.05, 4.69) is 30.3 Å². The monoisotopic (exact) mass is 620 g/mol. The fraction of sp³-hybridized carbons (Fsp3) is 0.200. The van der Waals surface area contributed by atoms with E-state index in [1.807, 2.05) is 4.72 Å². The smallest absolute Gasteiger partial charge is 0.482 e. The molecule has 0 aliphatic heterocycles. The molecule has 4 N–H and O–H groups in total. The summed E-state index contributed by atoms with van der Waals surface area (Å²) in [4.78, 5) is 20.1. The van der Waals surface area contributed by atoms with E-state index in [-0.39, 0.29) is 17.3 Å². The SMILES string of the molecule is CNS(=O)(=O)c1cc(Nc2cc(Nc3ccc(Cl)cn3)ncn2)c(OCC(F)(F)F)cc1F.O=C(O)C(F)(F)F. The zero-order valence-electron chi connectivity index (χ0n) is 19.6. The molecule has 0 saturated heterocycles. The molecule has 0 aliphatic carbocycles. The maximum atomic E-state index is 14.3. The first kappa shape index (κ1) is 32.2. The third kappa shape index (κ3) is 9.97. The summed E-state index contributed by atoms with van der Waals surface area (Å²) in [5, 5.41) is 13.0. The molecule has 0 spiro atoms. The molecule has 40 heavy (non-hydrogen) atoms. The fourth-order valence-electron chi connectivity index (χ4n) is 2.44. The minimum atomic E-state index is -5.08. The van der Waals surface area contributed by atoms with Crippen molar-refractivity contribution in [3.63, 3.8) is 0 Å². The van der Waals surface area contributed by atoms with Gasteiger partial charge in [-0.3, -0.25) is 0 Å². The fourth-order valence-corrected chi connectivity index (χ4v) is 3.36. The number of carboxylic acids is 1. The first-order chi connectivity index (χ1) is 18.4. The number of nitrogens with one attached hydrogen (secondary N) is 3. The lowest BCUT2D eigenvalue weighted by Gasteiger charge is -2.16. The van der Waals surface area contributed by atoms with E-state index in [4.69, 9.17) is 21.5 Å². The van der Waals surface area contributed by atoms with Crippen LogP contribution < -0.4 is 20.1 Å². The molecule has 2 aromatic heterocycles. The molecule has 0 saturated carbocycles. The molecule has 0 aliphatic rings. The number of alkyl halides is 6. The van der Waals surface area contributed by atoms with Crippen molar-refractivity contribution >= 4 is 50.7 Å². The van der Waals surface area contributed by atoms with Gasteiger partial charge in [-0.25, -0.2) is 37.3 Å². The van der Waals surface area contributed by atoms with Crippen molar-refractivity contribution in [2.24, 2.45) is 0 Å².